The van der Waals surface area contributed by atoms with Crippen LogP contribution in [0.1, 0.15) is 46.1 Å². The molecule has 0 radical (unpaired) electrons. The summed E-state index contributed by atoms with van der Waals surface area (Å²) < 4.78 is 16.0. The smallest absolute Gasteiger partial charge is 0.330 e. The molecule has 0 saturated heterocycles. The van der Waals surface area contributed by atoms with Crippen LogP contribution in [0.15, 0.2) is 47.8 Å². The standard InChI is InChI=1S/C21H28O4/c1-6-24-21(22)13-11-18-10-12-19(20(14-18)23-5)25-15-17(4)9-7-8-16(2)3/h8,10-15H,6-7,9H2,1-5H3/b13-11+,17-15+. The molecule has 0 aliphatic carbocycles. The first-order chi connectivity index (χ1) is 12.0. The number of rotatable bonds is 9. The van der Waals surface area contributed by atoms with Crippen molar-refractivity contribution in [2.24, 2.45) is 0 Å². The average molecular weight is 344 g/mol. The fraction of sp³-hybridized carbons (Fsp3) is 0.381. The average Bonchev–Trinajstić information content (AvgIpc) is 2.58. The first-order valence-electron chi connectivity index (χ1n) is 8.44. The molecule has 0 heterocycles. The van der Waals surface area contributed by atoms with E-state index in [0.29, 0.717) is 18.1 Å². The maximum Gasteiger partial charge on any atom is 0.330 e. The Balaban J connectivity index is 2.75. The van der Waals surface area contributed by atoms with Crippen LogP contribution in [-0.2, 0) is 9.53 Å². The van der Waals surface area contributed by atoms with Crippen molar-refractivity contribution in [1.29, 1.82) is 0 Å². The molecule has 0 N–H and O–H groups in total. The monoisotopic (exact) mass is 344 g/mol. The number of methoxy groups -OCH3 is 1. The molecule has 0 unspecified atom stereocenters. The Kier molecular flexibility index (Phi) is 9.15. The van der Waals surface area contributed by atoms with Crippen molar-refractivity contribution in [3.05, 3.63) is 53.3 Å². The molecule has 0 saturated carbocycles. The van der Waals surface area contributed by atoms with E-state index in [1.54, 1.807) is 26.4 Å². The van der Waals surface area contributed by atoms with E-state index < -0.39 is 0 Å². The summed E-state index contributed by atoms with van der Waals surface area (Å²) in [6.07, 6.45) is 9.00. The van der Waals surface area contributed by atoms with Gasteiger partial charge in [-0.3, -0.25) is 0 Å². The molecule has 136 valence electrons. The van der Waals surface area contributed by atoms with Gasteiger partial charge in [-0.15, -0.1) is 0 Å². The van der Waals surface area contributed by atoms with Crippen molar-refractivity contribution in [3.63, 3.8) is 0 Å². The van der Waals surface area contributed by atoms with Gasteiger partial charge >= 0.3 is 5.97 Å². The maximum atomic E-state index is 11.4. The van der Waals surface area contributed by atoms with Crippen LogP contribution >= 0.6 is 0 Å². The minimum atomic E-state index is -0.364. The molecular weight excluding hydrogens is 316 g/mol. The van der Waals surface area contributed by atoms with Crippen LogP contribution < -0.4 is 9.47 Å². The van der Waals surface area contributed by atoms with Crippen molar-refractivity contribution in [2.45, 2.75) is 40.5 Å². The fourth-order valence-corrected chi connectivity index (χ4v) is 2.05. The molecule has 0 atom stereocenters. The second kappa shape index (κ2) is 11.1. The molecule has 0 bridgehead atoms. The zero-order valence-electron chi connectivity index (χ0n) is 15.8. The van der Waals surface area contributed by atoms with Crippen molar-refractivity contribution in [1.82, 2.24) is 0 Å². The first kappa shape index (κ1) is 20.6. The summed E-state index contributed by atoms with van der Waals surface area (Å²) in [5, 5.41) is 0. The van der Waals surface area contributed by atoms with E-state index in [4.69, 9.17) is 14.2 Å². The number of carbonyl (C=O) groups excluding carboxylic acids is 1. The Hall–Kier alpha value is -2.49. The molecule has 0 aliphatic rings. The summed E-state index contributed by atoms with van der Waals surface area (Å²) in [7, 11) is 1.59. The third-order valence-corrected chi connectivity index (χ3v) is 3.36. The van der Waals surface area contributed by atoms with E-state index in [-0.39, 0.29) is 5.97 Å². The van der Waals surface area contributed by atoms with Gasteiger partial charge < -0.3 is 14.2 Å². The number of carbonyl (C=O) groups is 1. The molecule has 1 aromatic rings. The van der Waals surface area contributed by atoms with Gasteiger partial charge in [0.1, 0.15) is 0 Å². The summed E-state index contributed by atoms with van der Waals surface area (Å²) in [5.74, 6) is 0.883. The van der Waals surface area contributed by atoms with Gasteiger partial charge in [-0.05, 0) is 69.9 Å². The van der Waals surface area contributed by atoms with Crippen LogP contribution in [0.25, 0.3) is 6.08 Å². The van der Waals surface area contributed by atoms with Gasteiger partial charge in [0, 0.05) is 6.08 Å². The van der Waals surface area contributed by atoms with Crippen LogP contribution in [0.4, 0.5) is 0 Å². The minimum absolute atomic E-state index is 0.360. The van der Waals surface area contributed by atoms with Gasteiger partial charge in [0.05, 0.1) is 20.0 Å². The predicted molar refractivity (Wildman–Crippen MR) is 102 cm³/mol. The van der Waals surface area contributed by atoms with Gasteiger partial charge in [0.25, 0.3) is 0 Å². The zero-order chi connectivity index (χ0) is 18.7. The van der Waals surface area contributed by atoms with E-state index in [9.17, 15) is 4.79 Å². The lowest BCUT2D eigenvalue weighted by Gasteiger charge is -2.09. The van der Waals surface area contributed by atoms with Gasteiger partial charge in [0.2, 0.25) is 0 Å². The molecular formula is C21H28O4. The molecule has 0 spiro atoms. The number of benzene rings is 1. The molecule has 0 aliphatic heterocycles. The highest BCUT2D eigenvalue weighted by Crippen LogP contribution is 2.29. The fourth-order valence-electron chi connectivity index (χ4n) is 2.05. The largest absolute Gasteiger partial charge is 0.493 e. The van der Waals surface area contributed by atoms with Crippen molar-refractivity contribution >= 4 is 12.0 Å². The quantitative estimate of drug-likeness (QED) is 0.264. The van der Waals surface area contributed by atoms with Crippen LogP contribution in [0.5, 0.6) is 11.5 Å². The summed E-state index contributed by atoms with van der Waals surface area (Å²) in [6.45, 7) is 8.37. The van der Waals surface area contributed by atoms with Gasteiger partial charge in [-0.1, -0.05) is 17.7 Å². The Morgan fingerprint density at radius 2 is 1.92 bits per heavy atom. The van der Waals surface area contributed by atoms with Crippen LogP contribution in [0, 0.1) is 0 Å². The number of hydrogen-bond donors (Lipinski definition) is 0. The Morgan fingerprint density at radius 1 is 1.16 bits per heavy atom. The molecule has 1 rings (SSSR count). The van der Waals surface area contributed by atoms with Crippen molar-refractivity contribution < 1.29 is 19.0 Å². The normalized spacial score (nSPS) is 11.3. The first-order valence-corrected chi connectivity index (χ1v) is 8.44. The number of ether oxygens (including phenoxy) is 3. The molecule has 4 heteroatoms. The van der Waals surface area contributed by atoms with E-state index in [1.165, 1.54) is 11.6 Å². The predicted octanol–water partition coefficient (Wildman–Crippen LogP) is 5.30. The summed E-state index contributed by atoms with van der Waals surface area (Å²) >= 11 is 0. The van der Waals surface area contributed by atoms with Gasteiger partial charge in [0.15, 0.2) is 11.5 Å². The zero-order valence-corrected chi connectivity index (χ0v) is 15.8. The highest BCUT2D eigenvalue weighted by Gasteiger charge is 2.05. The summed E-state index contributed by atoms with van der Waals surface area (Å²) in [4.78, 5) is 11.4. The second-order valence-corrected chi connectivity index (χ2v) is 5.90. The van der Waals surface area contributed by atoms with E-state index in [2.05, 4.69) is 19.9 Å². The Bertz CT molecular complexity index is 650. The van der Waals surface area contributed by atoms with E-state index >= 15 is 0 Å². The van der Waals surface area contributed by atoms with Gasteiger partial charge in [-0.2, -0.15) is 0 Å². The Morgan fingerprint density at radius 3 is 2.56 bits per heavy atom. The number of esters is 1. The highest BCUT2D eigenvalue weighted by atomic mass is 16.5. The molecule has 0 fully saturated rings. The van der Waals surface area contributed by atoms with E-state index in [0.717, 1.165) is 24.0 Å². The summed E-state index contributed by atoms with van der Waals surface area (Å²) in [6, 6.07) is 5.50. The van der Waals surface area contributed by atoms with E-state index in [1.807, 2.05) is 25.1 Å². The van der Waals surface area contributed by atoms with Gasteiger partial charge in [-0.25, -0.2) is 4.79 Å². The molecule has 0 aromatic heterocycles. The number of hydrogen-bond acceptors (Lipinski definition) is 4. The Labute approximate surface area is 150 Å². The van der Waals surface area contributed by atoms with Crippen LogP contribution in [0.3, 0.4) is 0 Å². The molecule has 25 heavy (non-hydrogen) atoms. The number of allylic oxidation sites excluding steroid dienone is 3. The maximum absolute atomic E-state index is 11.4. The van der Waals surface area contributed by atoms with Crippen molar-refractivity contribution in [3.8, 4) is 11.5 Å². The SMILES string of the molecule is CCOC(=O)/C=C/c1ccc(O/C=C(\C)CCC=C(C)C)c(OC)c1. The molecule has 1 aromatic carbocycles. The summed E-state index contributed by atoms with van der Waals surface area (Å²) in [5.41, 5.74) is 3.31. The lowest BCUT2D eigenvalue weighted by molar-refractivity contribution is -0.137. The van der Waals surface area contributed by atoms with Crippen LogP contribution in [-0.4, -0.2) is 19.7 Å². The highest BCUT2D eigenvalue weighted by molar-refractivity contribution is 5.87. The minimum Gasteiger partial charge on any atom is -0.493 e. The molecule has 4 nitrogen and oxygen atoms in total. The second-order valence-electron chi connectivity index (χ2n) is 5.90. The topological polar surface area (TPSA) is 44.8 Å². The van der Waals surface area contributed by atoms with Crippen LogP contribution in [0.2, 0.25) is 0 Å². The lowest BCUT2D eigenvalue weighted by Crippen LogP contribution is -1.98. The molecule has 0 amide bonds. The third-order valence-electron chi connectivity index (χ3n) is 3.36. The third kappa shape index (κ3) is 8.25. The van der Waals surface area contributed by atoms with Crippen molar-refractivity contribution in [2.75, 3.05) is 13.7 Å². The lowest BCUT2D eigenvalue weighted by atomic mass is 10.1.